The molecule has 0 radical (unpaired) electrons. The second-order valence-electron chi connectivity index (χ2n) is 4.38. The lowest BCUT2D eigenvalue weighted by Gasteiger charge is -2.19. The van der Waals surface area contributed by atoms with Gasteiger partial charge in [-0.2, -0.15) is 0 Å². The van der Waals surface area contributed by atoms with E-state index in [1.54, 1.807) is 12.1 Å². The lowest BCUT2D eigenvalue weighted by atomic mass is 10.1. The van der Waals surface area contributed by atoms with E-state index in [0.717, 1.165) is 23.4 Å². The van der Waals surface area contributed by atoms with E-state index in [0.29, 0.717) is 6.54 Å². The van der Waals surface area contributed by atoms with Gasteiger partial charge in [-0.05, 0) is 36.2 Å². The summed E-state index contributed by atoms with van der Waals surface area (Å²) >= 11 is 0. The minimum absolute atomic E-state index is 0.0117. The highest BCUT2D eigenvalue weighted by molar-refractivity contribution is 5.87. The second-order valence-corrected chi connectivity index (χ2v) is 4.38. The van der Waals surface area contributed by atoms with E-state index < -0.39 is 5.97 Å². The molecule has 2 heterocycles. The first kappa shape index (κ1) is 11.6. The van der Waals surface area contributed by atoms with Crippen LogP contribution in [0.2, 0.25) is 0 Å². The van der Waals surface area contributed by atoms with Crippen molar-refractivity contribution >= 4 is 17.3 Å². The lowest BCUT2D eigenvalue weighted by Crippen LogP contribution is -2.14. The Hall–Kier alpha value is -2.43. The molecule has 0 aliphatic carbocycles. The Morgan fingerprint density at radius 1 is 1.32 bits per heavy atom. The molecule has 5 heteroatoms. The van der Waals surface area contributed by atoms with E-state index in [9.17, 15) is 9.18 Å². The number of aromatic nitrogens is 1. The van der Waals surface area contributed by atoms with E-state index >= 15 is 0 Å². The van der Waals surface area contributed by atoms with Crippen LogP contribution in [0.25, 0.3) is 0 Å². The van der Waals surface area contributed by atoms with E-state index in [4.69, 9.17) is 5.11 Å². The standard InChI is InChI=1S/C14H11FN2O2/c15-10-2-1-9-4-6-17(13(9)7-10)11-3-5-16-12(8-11)14(18)19/h1-3,5,7-8H,4,6H2,(H,18,19). The number of carbonyl (C=O) groups is 1. The molecular weight excluding hydrogens is 247 g/mol. The normalized spacial score (nSPS) is 13.4. The first-order valence-corrected chi connectivity index (χ1v) is 5.90. The summed E-state index contributed by atoms with van der Waals surface area (Å²) < 4.78 is 13.3. The molecular formula is C14H11FN2O2. The molecule has 0 saturated heterocycles. The zero-order valence-electron chi connectivity index (χ0n) is 10.0. The minimum Gasteiger partial charge on any atom is -0.477 e. The summed E-state index contributed by atoms with van der Waals surface area (Å²) in [6, 6.07) is 7.92. The van der Waals surface area contributed by atoms with Gasteiger partial charge in [-0.25, -0.2) is 14.2 Å². The first-order chi connectivity index (χ1) is 9.15. The molecule has 19 heavy (non-hydrogen) atoms. The van der Waals surface area contributed by atoms with Gasteiger partial charge in [-0.1, -0.05) is 6.07 Å². The van der Waals surface area contributed by atoms with Crippen LogP contribution in [0, 0.1) is 5.82 Å². The summed E-state index contributed by atoms with van der Waals surface area (Å²) in [6.07, 6.45) is 2.27. The largest absolute Gasteiger partial charge is 0.477 e. The van der Waals surface area contributed by atoms with Crippen LogP contribution in [0.3, 0.4) is 0 Å². The third-order valence-corrected chi connectivity index (χ3v) is 3.22. The molecule has 0 unspecified atom stereocenters. The van der Waals surface area contributed by atoms with Gasteiger partial charge in [0.25, 0.3) is 0 Å². The number of hydrogen-bond donors (Lipinski definition) is 1. The topological polar surface area (TPSA) is 53.4 Å². The Morgan fingerprint density at radius 2 is 2.16 bits per heavy atom. The lowest BCUT2D eigenvalue weighted by molar-refractivity contribution is 0.0690. The van der Waals surface area contributed by atoms with E-state index in [1.165, 1.54) is 24.4 Å². The number of nitrogens with zero attached hydrogens (tertiary/aromatic N) is 2. The number of carboxylic acids is 1. The fourth-order valence-corrected chi connectivity index (χ4v) is 2.32. The van der Waals surface area contributed by atoms with Gasteiger partial charge in [0.2, 0.25) is 0 Å². The van der Waals surface area contributed by atoms with Crippen LogP contribution in [0.15, 0.2) is 36.5 Å². The molecule has 1 aromatic heterocycles. The molecule has 0 fully saturated rings. The molecule has 0 bridgehead atoms. The van der Waals surface area contributed by atoms with Gasteiger partial charge in [0, 0.05) is 24.1 Å². The molecule has 0 amide bonds. The van der Waals surface area contributed by atoms with E-state index in [1.807, 2.05) is 4.90 Å². The molecule has 1 N–H and O–H groups in total. The highest BCUT2D eigenvalue weighted by Crippen LogP contribution is 2.34. The van der Waals surface area contributed by atoms with Crippen LogP contribution in [0.1, 0.15) is 16.1 Å². The number of aromatic carboxylic acids is 1. The van der Waals surface area contributed by atoms with Crippen molar-refractivity contribution in [3.63, 3.8) is 0 Å². The number of benzene rings is 1. The second kappa shape index (κ2) is 4.35. The quantitative estimate of drug-likeness (QED) is 0.899. The van der Waals surface area contributed by atoms with Crippen molar-refractivity contribution in [1.82, 2.24) is 4.98 Å². The molecule has 0 spiro atoms. The average molecular weight is 258 g/mol. The number of hydrogen-bond acceptors (Lipinski definition) is 3. The van der Waals surface area contributed by atoms with Crippen LogP contribution < -0.4 is 4.90 Å². The van der Waals surface area contributed by atoms with Crippen molar-refractivity contribution in [3.05, 3.63) is 53.6 Å². The van der Waals surface area contributed by atoms with Gasteiger partial charge in [0.05, 0.1) is 0 Å². The van der Waals surface area contributed by atoms with Crippen molar-refractivity contribution in [2.75, 3.05) is 11.4 Å². The Bertz CT molecular complexity index is 658. The average Bonchev–Trinajstić information content (AvgIpc) is 2.81. The molecule has 1 aromatic carbocycles. The van der Waals surface area contributed by atoms with Crippen LogP contribution in [-0.2, 0) is 6.42 Å². The minimum atomic E-state index is -1.07. The molecule has 4 nitrogen and oxygen atoms in total. The maximum atomic E-state index is 13.3. The summed E-state index contributed by atoms with van der Waals surface area (Å²) in [7, 11) is 0. The molecule has 2 aromatic rings. The van der Waals surface area contributed by atoms with E-state index in [2.05, 4.69) is 4.98 Å². The third kappa shape index (κ3) is 2.03. The van der Waals surface area contributed by atoms with Crippen LogP contribution >= 0.6 is 0 Å². The smallest absolute Gasteiger partial charge is 0.354 e. The maximum Gasteiger partial charge on any atom is 0.354 e. The Labute approximate surface area is 109 Å². The van der Waals surface area contributed by atoms with Crippen LogP contribution in [0.5, 0.6) is 0 Å². The van der Waals surface area contributed by atoms with Crippen molar-refractivity contribution in [1.29, 1.82) is 0 Å². The van der Waals surface area contributed by atoms with Crippen LogP contribution in [-0.4, -0.2) is 22.6 Å². The summed E-state index contributed by atoms with van der Waals surface area (Å²) in [6.45, 7) is 0.710. The Kier molecular flexibility index (Phi) is 2.67. The third-order valence-electron chi connectivity index (χ3n) is 3.22. The van der Waals surface area contributed by atoms with Crippen molar-refractivity contribution < 1.29 is 14.3 Å². The monoisotopic (exact) mass is 258 g/mol. The van der Waals surface area contributed by atoms with Gasteiger partial charge < -0.3 is 10.0 Å². The molecule has 0 saturated carbocycles. The number of anilines is 2. The van der Waals surface area contributed by atoms with Gasteiger partial charge >= 0.3 is 5.97 Å². The highest BCUT2D eigenvalue weighted by atomic mass is 19.1. The highest BCUT2D eigenvalue weighted by Gasteiger charge is 2.21. The predicted octanol–water partition coefficient (Wildman–Crippen LogP) is 2.61. The van der Waals surface area contributed by atoms with Crippen molar-refractivity contribution in [3.8, 4) is 0 Å². The number of fused-ring (bicyclic) bond motifs is 1. The number of carboxylic acid groups (broad SMARTS) is 1. The fourth-order valence-electron chi connectivity index (χ4n) is 2.32. The number of halogens is 1. The van der Waals surface area contributed by atoms with Crippen molar-refractivity contribution in [2.24, 2.45) is 0 Å². The van der Waals surface area contributed by atoms with E-state index in [-0.39, 0.29) is 11.5 Å². The molecule has 1 aliphatic rings. The van der Waals surface area contributed by atoms with Gasteiger partial charge in [-0.3, -0.25) is 0 Å². The summed E-state index contributed by atoms with van der Waals surface area (Å²) in [5.41, 5.74) is 2.57. The predicted molar refractivity (Wildman–Crippen MR) is 68.3 cm³/mol. The zero-order valence-corrected chi connectivity index (χ0v) is 10.0. The van der Waals surface area contributed by atoms with Crippen molar-refractivity contribution in [2.45, 2.75) is 6.42 Å². The van der Waals surface area contributed by atoms with Gasteiger partial charge in [0.15, 0.2) is 0 Å². The Morgan fingerprint density at radius 3 is 2.95 bits per heavy atom. The summed E-state index contributed by atoms with van der Waals surface area (Å²) in [5.74, 6) is -1.36. The molecule has 3 rings (SSSR count). The summed E-state index contributed by atoms with van der Waals surface area (Å²) in [5, 5.41) is 8.95. The SMILES string of the molecule is O=C(O)c1cc(N2CCc3ccc(F)cc32)ccn1. The maximum absolute atomic E-state index is 13.3. The molecule has 1 aliphatic heterocycles. The summed E-state index contributed by atoms with van der Waals surface area (Å²) in [4.78, 5) is 16.6. The van der Waals surface area contributed by atoms with Gasteiger partial charge in [0.1, 0.15) is 11.5 Å². The fraction of sp³-hybridized carbons (Fsp3) is 0.143. The molecule has 0 atom stereocenters. The molecule has 96 valence electrons. The zero-order chi connectivity index (χ0) is 13.4. The first-order valence-electron chi connectivity index (χ1n) is 5.90. The number of pyridine rings is 1. The van der Waals surface area contributed by atoms with Gasteiger partial charge in [-0.15, -0.1) is 0 Å². The van der Waals surface area contributed by atoms with Crippen LogP contribution in [0.4, 0.5) is 15.8 Å². The number of rotatable bonds is 2. The Balaban J connectivity index is 2.04.